The first-order valence-electron chi connectivity index (χ1n) is 7.06. The average molecular weight is 312 g/mol. The lowest BCUT2D eigenvalue weighted by atomic mass is 9.66. The fraction of sp³-hybridized carbons (Fsp3) is 0.533. The van der Waals surface area contributed by atoms with Gasteiger partial charge in [-0.3, -0.25) is 4.79 Å². The Bertz CT molecular complexity index is 573. The van der Waals surface area contributed by atoms with E-state index < -0.39 is 48.2 Å². The molecule has 22 heavy (non-hydrogen) atoms. The number of carboxylic acid groups (broad SMARTS) is 1. The van der Waals surface area contributed by atoms with Gasteiger partial charge >= 0.3 is 13.1 Å². The van der Waals surface area contributed by atoms with Gasteiger partial charge in [0.15, 0.2) is 11.6 Å². The Morgan fingerprint density at radius 3 is 2.27 bits per heavy atom. The number of carbonyl (C=O) groups is 1. The van der Waals surface area contributed by atoms with Crippen LogP contribution in [-0.4, -0.2) is 29.4 Å². The Balaban J connectivity index is 2.40. The molecule has 0 bridgehead atoms. The molecule has 0 spiro atoms. The van der Waals surface area contributed by atoms with Crippen LogP contribution < -0.4 is 0 Å². The zero-order chi connectivity index (χ0) is 16.7. The number of rotatable bonds is 4. The van der Waals surface area contributed by atoms with Crippen molar-refractivity contribution in [2.45, 2.75) is 51.1 Å². The SMILES string of the molecule is CC1(C)OB(C(CC(=O)O)c2cccc(F)c2F)OC1(C)C. The zero-order valence-electron chi connectivity index (χ0n) is 13.0. The second-order valence-electron chi connectivity index (χ2n) is 6.47. The van der Waals surface area contributed by atoms with E-state index in [1.54, 1.807) is 0 Å². The maximum atomic E-state index is 14.1. The monoisotopic (exact) mass is 312 g/mol. The molecule has 1 fully saturated rings. The third-order valence-electron chi connectivity index (χ3n) is 4.38. The molecule has 1 aliphatic heterocycles. The van der Waals surface area contributed by atoms with Gasteiger partial charge in [0.05, 0.1) is 17.6 Å². The van der Waals surface area contributed by atoms with Crippen molar-refractivity contribution < 1.29 is 28.0 Å². The Morgan fingerprint density at radius 1 is 1.23 bits per heavy atom. The molecule has 0 aromatic heterocycles. The van der Waals surface area contributed by atoms with Crippen LogP contribution in [0.2, 0.25) is 0 Å². The quantitative estimate of drug-likeness (QED) is 0.868. The topological polar surface area (TPSA) is 55.8 Å². The first kappa shape index (κ1) is 16.9. The van der Waals surface area contributed by atoms with Crippen LogP contribution >= 0.6 is 0 Å². The Labute approximate surface area is 128 Å². The van der Waals surface area contributed by atoms with Gasteiger partial charge in [0.1, 0.15) is 0 Å². The smallest absolute Gasteiger partial charge is 0.466 e. The Kier molecular flexibility index (Phi) is 4.32. The summed E-state index contributed by atoms with van der Waals surface area (Å²) in [6.45, 7) is 7.25. The van der Waals surface area contributed by atoms with Crippen molar-refractivity contribution in [1.29, 1.82) is 0 Å². The van der Waals surface area contributed by atoms with E-state index >= 15 is 0 Å². The van der Waals surface area contributed by atoms with E-state index in [1.807, 2.05) is 27.7 Å². The Morgan fingerprint density at radius 2 is 1.77 bits per heavy atom. The fourth-order valence-electron chi connectivity index (χ4n) is 2.40. The van der Waals surface area contributed by atoms with Gasteiger partial charge in [0.25, 0.3) is 0 Å². The summed E-state index contributed by atoms with van der Waals surface area (Å²) in [6.07, 6.45) is -0.419. The maximum absolute atomic E-state index is 14.1. The van der Waals surface area contributed by atoms with E-state index in [9.17, 15) is 13.6 Å². The summed E-state index contributed by atoms with van der Waals surface area (Å²) in [5.41, 5.74) is -1.42. The first-order valence-corrected chi connectivity index (χ1v) is 7.06. The number of halogens is 2. The van der Waals surface area contributed by atoms with Gasteiger partial charge in [0.2, 0.25) is 0 Å². The van der Waals surface area contributed by atoms with Crippen molar-refractivity contribution in [3.8, 4) is 0 Å². The van der Waals surface area contributed by atoms with Gasteiger partial charge in [-0.05, 0) is 39.3 Å². The third-order valence-corrected chi connectivity index (χ3v) is 4.38. The van der Waals surface area contributed by atoms with Crippen molar-refractivity contribution in [1.82, 2.24) is 0 Å². The molecule has 120 valence electrons. The minimum Gasteiger partial charge on any atom is -0.481 e. The predicted molar refractivity (Wildman–Crippen MR) is 77.4 cm³/mol. The summed E-state index contributed by atoms with van der Waals surface area (Å²) in [5, 5.41) is 9.10. The molecule has 0 radical (unpaired) electrons. The van der Waals surface area contributed by atoms with Crippen LogP contribution in [0, 0.1) is 11.6 Å². The predicted octanol–water partition coefficient (Wildman–Crippen LogP) is 3.15. The number of hydrogen-bond donors (Lipinski definition) is 1. The van der Waals surface area contributed by atoms with Gasteiger partial charge < -0.3 is 14.4 Å². The maximum Gasteiger partial charge on any atom is 0.466 e. The molecule has 1 atom stereocenters. The highest BCUT2D eigenvalue weighted by Crippen LogP contribution is 2.42. The van der Waals surface area contributed by atoms with E-state index in [0.717, 1.165) is 6.07 Å². The van der Waals surface area contributed by atoms with Crippen molar-refractivity contribution >= 4 is 13.1 Å². The molecule has 1 N–H and O–H groups in total. The molecule has 1 saturated heterocycles. The van der Waals surface area contributed by atoms with Crippen LogP contribution in [0.1, 0.15) is 45.5 Å². The molecule has 1 aromatic carbocycles. The summed E-state index contributed by atoms with van der Waals surface area (Å²) >= 11 is 0. The largest absolute Gasteiger partial charge is 0.481 e. The molecule has 1 unspecified atom stereocenters. The summed E-state index contributed by atoms with van der Waals surface area (Å²) in [7, 11) is -0.961. The fourth-order valence-corrected chi connectivity index (χ4v) is 2.40. The molecule has 7 heteroatoms. The molecule has 2 rings (SSSR count). The van der Waals surface area contributed by atoms with Gasteiger partial charge in [-0.25, -0.2) is 8.78 Å². The minimum absolute atomic E-state index is 0.0547. The highest BCUT2D eigenvalue weighted by molar-refractivity contribution is 6.48. The van der Waals surface area contributed by atoms with Crippen molar-refractivity contribution in [3.05, 3.63) is 35.4 Å². The van der Waals surface area contributed by atoms with Crippen LogP contribution in [0.25, 0.3) is 0 Å². The number of aliphatic carboxylic acids is 1. The highest BCUT2D eigenvalue weighted by Gasteiger charge is 2.54. The summed E-state index contributed by atoms with van der Waals surface area (Å²) < 4.78 is 39.1. The van der Waals surface area contributed by atoms with Gasteiger partial charge in [-0.1, -0.05) is 12.1 Å². The number of hydrogen-bond acceptors (Lipinski definition) is 3. The normalized spacial score (nSPS) is 20.9. The lowest BCUT2D eigenvalue weighted by molar-refractivity contribution is -0.137. The van der Waals surface area contributed by atoms with Gasteiger partial charge in [0, 0.05) is 5.82 Å². The standard InChI is InChI=1S/C15H19BF2O4/c1-14(2)15(3,4)22-16(21-14)10(8-12(19)20)9-6-5-7-11(17)13(9)18/h5-7,10H,8H2,1-4H3,(H,19,20). The van der Waals surface area contributed by atoms with Gasteiger partial charge in [-0.15, -0.1) is 0 Å². The van der Waals surface area contributed by atoms with Crippen molar-refractivity contribution in [3.63, 3.8) is 0 Å². The molecule has 0 saturated carbocycles. The molecule has 0 amide bonds. The van der Waals surface area contributed by atoms with E-state index in [2.05, 4.69) is 0 Å². The lowest BCUT2D eigenvalue weighted by Crippen LogP contribution is -2.41. The summed E-state index contributed by atoms with van der Waals surface area (Å²) in [5.74, 6) is -4.16. The lowest BCUT2D eigenvalue weighted by Gasteiger charge is -2.32. The van der Waals surface area contributed by atoms with Crippen LogP contribution in [-0.2, 0) is 14.1 Å². The second kappa shape index (κ2) is 5.63. The molecular formula is C15H19BF2O4. The molecule has 0 aliphatic carbocycles. The van der Waals surface area contributed by atoms with Crippen LogP contribution in [0.5, 0.6) is 0 Å². The number of carboxylic acids is 1. The third kappa shape index (κ3) is 3.01. The molecular weight excluding hydrogens is 293 g/mol. The van der Waals surface area contributed by atoms with E-state index in [0.29, 0.717) is 0 Å². The van der Waals surface area contributed by atoms with E-state index in [-0.39, 0.29) is 5.56 Å². The average Bonchev–Trinajstić information content (AvgIpc) is 2.59. The first-order chi connectivity index (χ1) is 10.0. The zero-order valence-corrected chi connectivity index (χ0v) is 13.0. The van der Waals surface area contributed by atoms with Crippen LogP contribution in [0.4, 0.5) is 8.78 Å². The summed E-state index contributed by atoms with van der Waals surface area (Å²) in [4.78, 5) is 11.1. The van der Waals surface area contributed by atoms with Crippen molar-refractivity contribution in [2.75, 3.05) is 0 Å². The van der Waals surface area contributed by atoms with Crippen LogP contribution in [0.3, 0.4) is 0 Å². The van der Waals surface area contributed by atoms with Gasteiger partial charge in [-0.2, -0.15) is 0 Å². The molecule has 4 nitrogen and oxygen atoms in total. The second-order valence-corrected chi connectivity index (χ2v) is 6.47. The molecule has 1 heterocycles. The molecule has 1 aliphatic rings. The minimum atomic E-state index is -1.14. The van der Waals surface area contributed by atoms with Crippen LogP contribution in [0.15, 0.2) is 18.2 Å². The van der Waals surface area contributed by atoms with Crippen molar-refractivity contribution in [2.24, 2.45) is 0 Å². The number of benzene rings is 1. The van der Waals surface area contributed by atoms with E-state index in [1.165, 1.54) is 12.1 Å². The highest BCUT2D eigenvalue weighted by atomic mass is 19.2. The molecule has 1 aromatic rings. The summed E-state index contributed by atoms with van der Waals surface area (Å²) in [6, 6.07) is 3.69. The van der Waals surface area contributed by atoms with E-state index in [4.69, 9.17) is 14.4 Å². The Hall–Kier alpha value is -1.47.